The molecular formula is C27H27ClFN7O3. The van der Waals surface area contributed by atoms with E-state index in [9.17, 15) is 19.1 Å². The van der Waals surface area contributed by atoms with Crippen LogP contribution in [0.15, 0.2) is 54.0 Å². The van der Waals surface area contributed by atoms with Crippen LogP contribution in [0.2, 0.25) is 5.02 Å². The third-order valence-electron chi connectivity index (χ3n) is 6.77. The highest BCUT2D eigenvalue weighted by Crippen LogP contribution is 2.38. The molecule has 10 nitrogen and oxygen atoms in total. The number of aromatic hydroxyl groups is 1. The number of fused-ring (bicyclic) bond motifs is 1. The van der Waals surface area contributed by atoms with E-state index in [1.54, 1.807) is 27.9 Å². The first-order chi connectivity index (χ1) is 18.7. The van der Waals surface area contributed by atoms with Crippen molar-refractivity contribution in [3.63, 3.8) is 0 Å². The quantitative estimate of drug-likeness (QED) is 0.363. The van der Waals surface area contributed by atoms with Crippen molar-refractivity contribution in [3.05, 3.63) is 70.5 Å². The first kappa shape index (κ1) is 26.4. The van der Waals surface area contributed by atoms with E-state index in [4.69, 9.17) is 11.6 Å². The second-order valence-electron chi connectivity index (χ2n) is 9.32. The summed E-state index contributed by atoms with van der Waals surface area (Å²) in [6.07, 6.45) is 3.63. The second kappa shape index (κ2) is 10.5. The minimum absolute atomic E-state index is 0.0129. The summed E-state index contributed by atoms with van der Waals surface area (Å²) < 4.78 is 17.9. The zero-order chi connectivity index (χ0) is 27.8. The van der Waals surface area contributed by atoms with E-state index in [0.29, 0.717) is 43.2 Å². The Morgan fingerprint density at radius 2 is 2.08 bits per heavy atom. The lowest BCUT2D eigenvalue weighted by Crippen LogP contribution is -2.54. The van der Waals surface area contributed by atoms with E-state index in [-0.39, 0.29) is 39.6 Å². The van der Waals surface area contributed by atoms with Gasteiger partial charge in [-0.05, 0) is 37.6 Å². The maximum Gasteiger partial charge on any atom is 0.357 e. The number of piperazine rings is 1. The van der Waals surface area contributed by atoms with Crippen molar-refractivity contribution in [2.75, 3.05) is 24.5 Å². The molecule has 0 spiro atoms. The van der Waals surface area contributed by atoms with E-state index < -0.39 is 11.5 Å². The van der Waals surface area contributed by atoms with Gasteiger partial charge in [-0.3, -0.25) is 4.79 Å². The van der Waals surface area contributed by atoms with E-state index in [1.165, 1.54) is 28.8 Å². The average Bonchev–Trinajstić information content (AvgIpc) is 3.36. The van der Waals surface area contributed by atoms with Crippen molar-refractivity contribution in [2.24, 2.45) is 0 Å². The highest BCUT2D eigenvalue weighted by atomic mass is 35.5. The highest BCUT2D eigenvalue weighted by molar-refractivity contribution is 6.34. The number of aromatic nitrogens is 5. The molecule has 39 heavy (non-hydrogen) atoms. The minimum Gasteiger partial charge on any atom is -0.507 e. The first-order valence-corrected chi connectivity index (χ1v) is 12.9. The standard InChI is InChI=1S/C27H27ClFN7O3/c1-4-11-35-21(9-10-30-35)36-26-17(14-18(28)24(31-26)23-19(29)7-6-8-20(23)37)25(32-27(36)39)34-13-12-33(15-16(34)3)22(38)5-2/h5-10,14,16,37H,2,4,11-13,15H2,1,3H3/t16-/m0/s1. The highest BCUT2D eigenvalue weighted by Gasteiger charge is 2.30. The number of hydrogen-bond donors (Lipinski definition) is 1. The Morgan fingerprint density at radius 1 is 1.28 bits per heavy atom. The van der Waals surface area contributed by atoms with Crippen LogP contribution in [0.1, 0.15) is 20.3 Å². The van der Waals surface area contributed by atoms with E-state index in [0.717, 1.165) is 6.42 Å². The van der Waals surface area contributed by atoms with Crippen LogP contribution in [0.5, 0.6) is 5.75 Å². The summed E-state index contributed by atoms with van der Waals surface area (Å²) >= 11 is 6.66. The van der Waals surface area contributed by atoms with Crippen LogP contribution in [0.3, 0.4) is 0 Å². The summed E-state index contributed by atoms with van der Waals surface area (Å²) in [7, 11) is 0. The fourth-order valence-electron chi connectivity index (χ4n) is 4.95. The smallest absolute Gasteiger partial charge is 0.357 e. The van der Waals surface area contributed by atoms with Crippen molar-refractivity contribution in [1.82, 2.24) is 29.2 Å². The lowest BCUT2D eigenvalue weighted by molar-refractivity contribution is -0.126. The molecule has 1 amide bonds. The summed E-state index contributed by atoms with van der Waals surface area (Å²) in [5, 5.41) is 15.3. The number of carbonyl (C=O) groups is 1. The SMILES string of the molecule is C=CC(=O)N1CCN(c2nc(=O)n(-c3ccnn3CCC)c3nc(-c4c(O)cccc4F)c(Cl)cc23)[C@@H](C)C1. The van der Waals surface area contributed by atoms with Gasteiger partial charge in [0.25, 0.3) is 0 Å². The number of hydrogen-bond acceptors (Lipinski definition) is 7. The normalized spacial score (nSPS) is 15.6. The number of carbonyl (C=O) groups excluding carboxylic acids is 1. The van der Waals surface area contributed by atoms with Gasteiger partial charge in [-0.15, -0.1) is 0 Å². The van der Waals surface area contributed by atoms with Gasteiger partial charge in [0.1, 0.15) is 23.2 Å². The molecule has 1 saturated heterocycles. The fraction of sp³-hybridized carbons (Fsp3) is 0.296. The summed E-state index contributed by atoms with van der Waals surface area (Å²) in [5.74, 6) is -0.416. The van der Waals surface area contributed by atoms with Crippen molar-refractivity contribution < 1.29 is 14.3 Å². The van der Waals surface area contributed by atoms with Crippen LogP contribution in [-0.2, 0) is 11.3 Å². The molecule has 0 bridgehead atoms. The van der Waals surface area contributed by atoms with Crippen LogP contribution in [-0.4, -0.2) is 65.9 Å². The number of halogens is 2. The Labute approximate surface area is 228 Å². The van der Waals surface area contributed by atoms with Gasteiger partial charge in [0.2, 0.25) is 5.91 Å². The Morgan fingerprint density at radius 3 is 2.77 bits per heavy atom. The Balaban J connectivity index is 1.77. The monoisotopic (exact) mass is 551 g/mol. The Hall–Kier alpha value is -4.25. The molecule has 3 aromatic heterocycles. The van der Waals surface area contributed by atoms with Crippen molar-refractivity contribution in [1.29, 1.82) is 0 Å². The summed E-state index contributed by atoms with van der Waals surface area (Å²) in [4.78, 5) is 38.6. The molecule has 1 N–H and O–H groups in total. The number of nitrogens with zero attached hydrogens (tertiary/aromatic N) is 7. The zero-order valence-electron chi connectivity index (χ0n) is 21.5. The Bertz CT molecular complexity index is 1630. The number of benzene rings is 1. The van der Waals surface area contributed by atoms with Crippen LogP contribution in [0.25, 0.3) is 28.1 Å². The molecular weight excluding hydrogens is 525 g/mol. The third kappa shape index (κ3) is 4.63. The predicted molar refractivity (Wildman–Crippen MR) is 147 cm³/mol. The van der Waals surface area contributed by atoms with Gasteiger partial charge in [-0.2, -0.15) is 10.1 Å². The van der Waals surface area contributed by atoms with Gasteiger partial charge in [0.05, 0.1) is 27.9 Å². The van der Waals surface area contributed by atoms with Crippen LogP contribution in [0, 0.1) is 5.82 Å². The zero-order valence-corrected chi connectivity index (χ0v) is 22.3. The van der Waals surface area contributed by atoms with Gasteiger partial charge in [0, 0.05) is 38.3 Å². The number of phenolic OH excluding ortho intramolecular Hbond substituents is 1. The van der Waals surface area contributed by atoms with Crippen molar-refractivity contribution in [2.45, 2.75) is 32.9 Å². The lowest BCUT2D eigenvalue weighted by atomic mass is 10.1. The minimum atomic E-state index is -0.709. The number of anilines is 1. The molecule has 0 unspecified atom stereocenters. The van der Waals surface area contributed by atoms with Gasteiger partial charge < -0.3 is 14.9 Å². The van der Waals surface area contributed by atoms with E-state index >= 15 is 0 Å². The van der Waals surface area contributed by atoms with Crippen LogP contribution < -0.4 is 10.6 Å². The lowest BCUT2D eigenvalue weighted by Gasteiger charge is -2.40. The second-order valence-corrected chi connectivity index (χ2v) is 9.73. The molecule has 5 rings (SSSR count). The molecule has 0 aliphatic carbocycles. The van der Waals surface area contributed by atoms with E-state index in [2.05, 4.69) is 21.6 Å². The first-order valence-electron chi connectivity index (χ1n) is 12.6. The molecule has 1 aliphatic rings. The molecule has 0 radical (unpaired) electrons. The van der Waals surface area contributed by atoms with Gasteiger partial charge in [-0.25, -0.2) is 23.4 Å². The summed E-state index contributed by atoms with van der Waals surface area (Å²) in [5.41, 5.74) is -0.609. The topological polar surface area (TPSA) is 109 Å². The molecule has 4 heterocycles. The largest absolute Gasteiger partial charge is 0.507 e. The molecule has 1 fully saturated rings. The predicted octanol–water partition coefficient (Wildman–Crippen LogP) is 3.78. The molecule has 0 saturated carbocycles. The molecule has 202 valence electrons. The number of aryl methyl sites for hydroxylation is 1. The van der Waals surface area contributed by atoms with Gasteiger partial charge in [-0.1, -0.05) is 31.2 Å². The van der Waals surface area contributed by atoms with Gasteiger partial charge in [0.15, 0.2) is 5.65 Å². The van der Waals surface area contributed by atoms with Crippen LogP contribution >= 0.6 is 11.6 Å². The Kier molecular flexibility index (Phi) is 7.09. The van der Waals surface area contributed by atoms with Crippen molar-refractivity contribution in [3.8, 4) is 22.8 Å². The summed E-state index contributed by atoms with van der Waals surface area (Å²) in [6.45, 7) is 9.25. The molecule has 12 heteroatoms. The number of amides is 1. The van der Waals surface area contributed by atoms with Gasteiger partial charge >= 0.3 is 5.69 Å². The number of pyridine rings is 1. The van der Waals surface area contributed by atoms with Crippen molar-refractivity contribution >= 4 is 34.4 Å². The molecule has 4 aromatic rings. The maximum atomic E-state index is 14.9. The summed E-state index contributed by atoms with van der Waals surface area (Å²) in [6, 6.07) is 6.99. The molecule has 1 atom stereocenters. The van der Waals surface area contributed by atoms with E-state index in [1.807, 2.05) is 18.7 Å². The molecule has 1 aromatic carbocycles. The maximum absolute atomic E-state index is 14.9. The van der Waals surface area contributed by atoms with Crippen LogP contribution in [0.4, 0.5) is 10.2 Å². The fourth-order valence-corrected chi connectivity index (χ4v) is 5.20. The third-order valence-corrected chi connectivity index (χ3v) is 7.06. The number of rotatable bonds is 6. The average molecular weight is 552 g/mol. The molecule has 1 aliphatic heterocycles. The number of phenols is 1.